The Hall–Kier alpha value is -0.810. The number of hydrogen-bond acceptors (Lipinski definition) is 5. The molecule has 0 radical (unpaired) electrons. The standard InChI is InChI=1S/C13H17F2NO6S2/c14-13(15,24(20,21)22)23(18,19)16-10(17)12-3-7-1-8-4-11(2-7,6-12)9(8)5-12/h7-9H,1-6H2,(H,16,17)(H,20,21,22). The Morgan fingerprint density at radius 1 is 1.12 bits per heavy atom. The molecule has 5 atom stereocenters. The SMILES string of the molecule is O=C(NS(=O)(=O)C(F)(F)S(=O)(=O)O)C12CC3CC4CC(C3)(C1)C4C2. The maximum Gasteiger partial charge on any atom is 0.489 e. The van der Waals surface area contributed by atoms with Crippen LogP contribution in [0.2, 0.25) is 0 Å². The number of hydrogen-bond donors (Lipinski definition) is 2. The lowest BCUT2D eigenvalue weighted by Crippen LogP contribution is -2.55. The van der Waals surface area contributed by atoms with E-state index in [0.29, 0.717) is 31.1 Å². The van der Waals surface area contributed by atoms with Crippen molar-refractivity contribution >= 4 is 26.0 Å². The molecule has 0 aliphatic heterocycles. The van der Waals surface area contributed by atoms with Crippen molar-refractivity contribution in [3.8, 4) is 0 Å². The van der Waals surface area contributed by atoms with E-state index in [1.165, 1.54) is 4.72 Å². The van der Waals surface area contributed by atoms with E-state index in [1.54, 1.807) is 0 Å². The summed E-state index contributed by atoms with van der Waals surface area (Å²) in [5.41, 5.74) is -1.00. The van der Waals surface area contributed by atoms with E-state index in [2.05, 4.69) is 0 Å². The van der Waals surface area contributed by atoms with Crippen LogP contribution in [0.15, 0.2) is 0 Å². The van der Waals surface area contributed by atoms with E-state index in [1.807, 2.05) is 0 Å². The van der Waals surface area contributed by atoms with Gasteiger partial charge in [-0.2, -0.15) is 25.6 Å². The predicted octanol–water partition coefficient (Wildman–Crippen LogP) is 1.09. The summed E-state index contributed by atoms with van der Waals surface area (Å²) in [6, 6.07) is 0. The van der Waals surface area contributed by atoms with Gasteiger partial charge in [-0.25, -0.2) is 4.72 Å². The van der Waals surface area contributed by atoms with E-state index in [4.69, 9.17) is 4.55 Å². The van der Waals surface area contributed by atoms with Gasteiger partial charge < -0.3 is 0 Å². The first-order chi connectivity index (χ1) is 10.8. The minimum absolute atomic E-state index is 0.0263. The molecule has 0 aromatic rings. The zero-order valence-corrected chi connectivity index (χ0v) is 14.2. The Kier molecular flexibility index (Phi) is 2.98. The summed E-state index contributed by atoms with van der Waals surface area (Å²) in [6.45, 7) is 0. The number of sulfonamides is 1. The lowest BCUT2D eigenvalue weighted by Gasteiger charge is -2.60. The van der Waals surface area contributed by atoms with Gasteiger partial charge in [-0.3, -0.25) is 9.35 Å². The zero-order valence-electron chi connectivity index (χ0n) is 12.5. The Morgan fingerprint density at radius 2 is 1.79 bits per heavy atom. The van der Waals surface area contributed by atoms with Gasteiger partial charge in [0.25, 0.3) is 0 Å². The maximum atomic E-state index is 13.5. The van der Waals surface area contributed by atoms with Crippen LogP contribution in [0.4, 0.5) is 8.78 Å². The molecule has 7 nitrogen and oxygen atoms in total. The first-order valence-corrected chi connectivity index (χ1v) is 10.7. The number of nitrogens with one attached hydrogen (secondary N) is 1. The zero-order chi connectivity index (χ0) is 17.8. The molecular formula is C13H17F2NO6S2. The third-order valence-electron chi connectivity index (χ3n) is 6.66. The molecule has 5 rings (SSSR count). The lowest BCUT2D eigenvalue weighted by atomic mass is 9.44. The van der Waals surface area contributed by atoms with Gasteiger partial charge in [-0.15, -0.1) is 0 Å². The van der Waals surface area contributed by atoms with Gasteiger partial charge >= 0.3 is 24.7 Å². The highest BCUT2D eigenvalue weighted by atomic mass is 32.3. The van der Waals surface area contributed by atoms with Crippen molar-refractivity contribution in [2.75, 3.05) is 0 Å². The molecule has 0 saturated heterocycles. The number of alkyl halides is 2. The highest BCUT2D eigenvalue weighted by Gasteiger charge is 2.72. The molecule has 0 aromatic carbocycles. The van der Waals surface area contributed by atoms with Crippen LogP contribution >= 0.6 is 0 Å². The van der Waals surface area contributed by atoms with Crippen LogP contribution in [0.1, 0.15) is 38.5 Å². The molecule has 5 aliphatic carbocycles. The van der Waals surface area contributed by atoms with Gasteiger partial charge in [0, 0.05) is 0 Å². The molecule has 11 heteroatoms. The highest BCUT2D eigenvalue weighted by molar-refractivity contribution is 8.06. The van der Waals surface area contributed by atoms with Gasteiger partial charge in [0.2, 0.25) is 5.91 Å². The molecule has 24 heavy (non-hydrogen) atoms. The van der Waals surface area contributed by atoms with E-state index in [9.17, 15) is 30.4 Å². The average Bonchev–Trinajstić information content (AvgIpc) is 2.53. The van der Waals surface area contributed by atoms with Crippen LogP contribution in [-0.4, -0.2) is 31.9 Å². The molecule has 1 spiro atoms. The second kappa shape index (κ2) is 4.29. The molecule has 5 fully saturated rings. The molecule has 5 unspecified atom stereocenters. The van der Waals surface area contributed by atoms with Crippen molar-refractivity contribution < 1.29 is 35.0 Å². The van der Waals surface area contributed by atoms with Crippen LogP contribution in [0.25, 0.3) is 0 Å². The second-order valence-corrected chi connectivity index (χ2v) is 11.4. The van der Waals surface area contributed by atoms with Crippen molar-refractivity contribution in [1.82, 2.24) is 4.72 Å². The highest BCUT2D eigenvalue weighted by Crippen LogP contribution is 2.78. The molecule has 5 saturated carbocycles. The fraction of sp³-hybridized carbons (Fsp3) is 0.923. The van der Waals surface area contributed by atoms with Crippen molar-refractivity contribution in [3.63, 3.8) is 0 Å². The smallest absolute Gasteiger partial charge is 0.280 e. The summed E-state index contributed by atoms with van der Waals surface area (Å²) >= 11 is 0. The molecule has 136 valence electrons. The predicted molar refractivity (Wildman–Crippen MR) is 76.6 cm³/mol. The maximum absolute atomic E-state index is 13.5. The number of halogens is 2. The number of amides is 1. The van der Waals surface area contributed by atoms with Gasteiger partial charge in [0.05, 0.1) is 5.41 Å². The van der Waals surface area contributed by atoms with Crippen LogP contribution in [0, 0.1) is 28.6 Å². The fourth-order valence-corrected chi connectivity index (χ4v) is 7.92. The lowest BCUT2D eigenvalue weighted by molar-refractivity contribution is -0.138. The Morgan fingerprint density at radius 3 is 2.42 bits per heavy atom. The number of carbonyl (C=O) groups is 1. The average molecular weight is 385 g/mol. The first kappa shape index (κ1) is 16.6. The summed E-state index contributed by atoms with van der Waals surface area (Å²) in [5.74, 6) is 0.0697. The van der Waals surface area contributed by atoms with Crippen LogP contribution in [-0.2, 0) is 24.9 Å². The second-order valence-electron chi connectivity index (χ2n) is 7.98. The largest absolute Gasteiger partial charge is 0.489 e. The van der Waals surface area contributed by atoms with Gasteiger partial charge in [-0.1, -0.05) is 0 Å². The molecule has 2 N–H and O–H groups in total. The van der Waals surface area contributed by atoms with Gasteiger partial charge in [0.15, 0.2) is 0 Å². The van der Waals surface area contributed by atoms with Crippen molar-refractivity contribution in [2.45, 2.75) is 43.1 Å². The molecule has 1 amide bonds. The summed E-state index contributed by atoms with van der Waals surface area (Å²) in [7, 11) is -12.1. The number of fused-ring (bicyclic) bond motifs is 1. The van der Waals surface area contributed by atoms with E-state index >= 15 is 0 Å². The molecule has 0 aromatic heterocycles. The van der Waals surface area contributed by atoms with Crippen molar-refractivity contribution in [3.05, 3.63) is 0 Å². The Balaban J connectivity index is 1.62. The molecule has 4 bridgehead atoms. The minimum atomic E-state index is -6.20. The van der Waals surface area contributed by atoms with E-state index in [0.717, 1.165) is 19.3 Å². The fourth-order valence-electron chi connectivity index (χ4n) is 6.11. The van der Waals surface area contributed by atoms with Crippen LogP contribution in [0.5, 0.6) is 0 Å². The van der Waals surface area contributed by atoms with Crippen molar-refractivity contribution in [2.24, 2.45) is 28.6 Å². The molecule has 5 aliphatic rings. The Labute approximate surface area is 138 Å². The van der Waals surface area contributed by atoms with Gasteiger partial charge in [0.1, 0.15) is 0 Å². The summed E-state index contributed by atoms with van der Waals surface area (Å²) < 4.78 is 75.9. The quantitative estimate of drug-likeness (QED) is 0.700. The topological polar surface area (TPSA) is 118 Å². The third-order valence-corrected chi connectivity index (χ3v) is 9.63. The summed E-state index contributed by atoms with van der Waals surface area (Å²) in [4.78, 5) is 12.5. The van der Waals surface area contributed by atoms with Crippen LogP contribution < -0.4 is 4.72 Å². The third kappa shape index (κ3) is 1.86. The Bertz CT molecular complexity index is 839. The normalized spacial score (nSPS) is 43.4. The summed E-state index contributed by atoms with van der Waals surface area (Å²) in [5, 5.41) is 0. The van der Waals surface area contributed by atoms with E-state index < -0.39 is 36.1 Å². The number of rotatable bonds is 4. The number of carbonyl (C=O) groups excluding carboxylic acids is 1. The molecule has 0 heterocycles. The van der Waals surface area contributed by atoms with E-state index in [-0.39, 0.29) is 11.3 Å². The van der Waals surface area contributed by atoms with Gasteiger partial charge in [-0.05, 0) is 61.7 Å². The van der Waals surface area contributed by atoms with Crippen molar-refractivity contribution in [1.29, 1.82) is 0 Å². The summed E-state index contributed by atoms with van der Waals surface area (Å²) in [6.07, 6.45) is 4.35. The molecular weight excluding hydrogens is 368 g/mol. The minimum Gasteiger partial charge on any atom is -0.280 e. The van der Waals surface area contributed by atoms with Crippen LogP contribution in [0.3, 0.4) is 0 Å². The first-order valence-electron chi connectivity index (χ1n) is 7.74. The monoisotopic (exact) mass is 385 g/mol.